The largest absolute Gasteiger partial charge is 0.354 e. The molecule has 0 spiro atoms. The van der Waals surface area contributed by atoms with E-state index in [1.165, 1.54) is 12.1 Å². The van der Waals surface area contributed by atoms with Gasteiger partial charge in [0.05, 0.1) is 6.42 Å². The lowest BCUT2D eigenvalue weighted by atomic mass is 10.0. The van der Waals surface area contributed by atoms with Crippen LogP contribution in [-0.2, 0) is 16.0 Å². The molecule has 2 rings (SSSR count). The molecule has 0 bridgehead atoms. The average molecular weight is 356 g/mol. The quantitative estimate of drug-likeness (QED) is 0.818. The predicted octanol–water partition coefficient (Wildman–Crippen LogP) is 1.87. The normalized spacial score (nSPS) is 17.6. The molecular weight excluding hydrogens is 333 g/mol. The van der Waals surface area contributed by atoms with E-state index in [1.54, 1.807) is 11.0 Å². The smallest absolute Gasteiger partial charge is 0.227 e. The molecule has 1 saturated heterocycles. The van der Waals surface area contributed by atoms with Gasteiger partial charge in [-0.3, -0.25) is 9.59 Å². The van der Waals surface area contributed by atoms with Gasteiger partial charge in [0.15, 0.2) is 0 Å². The van der Waals surface area contributed by atoms with Crippen molar-refractivity contribution in [2.24, 2.45) is 5.73 Å². The summed E-state index contributed by atoms with van der Waals surface area (Å²) in [4.78, 5) is 25.9. The number of nitrogens with two attached hydrogens (primary N) is 1. The van der Waals surface area contributed by atoms with E-state index in [4.69, 9.17) is 17.3 Å². The molecule has 1 aromatic carbocycles. The minimum atomic E-state index is -0.472. The molecule has 5 nitrogen and oxygen atoms in total. The number of halogens is 2. The Labute approximate surface area is 146 Å². The summed E-state index contributed by atoms with van der Waals surface area (Å²) in [6.45, 7) is 1.31. The van der Waals surface area contributed by atoms with E-state index in [2.05, 4.69) is 5.32 Å². The van der Waals surface area contributed by atoms with Crippen molar-refractivity contribution in [2.45, 2.75) is 38.1 Å². The highest BCUT2D eigenvalue weighted by molar-refractivity contribution is 6.31. The van der Waals surface area contributed by atoms with Crippen LogP contribution in [0.5, 0.6) is 0 Å². The lowest BCUT2D eigenvalue weighted by molar-refractivity contribution is -0.134. The molecule has 1 atom stereocenters. The number of piperidine rings is 1. The average Bonchev–Trinajstić information content (AvgIpc) is 2.57. The van der Waals surface area contributed by atoms with E-state index >= 15 is 0 Å². The maximum atomic E-state index is 13.9. The Morgan fingerprint density at radius 3 is 2.88 bits per heavy atom. The topological polar surface area (TPSA) is 75.4 Å². The van der Waals surface area contributed by atoms with Crippen molar-refractivity contribution < 1.29 is 14.0 Å². The van der Waals surface area contributed by atoms with Crippen LogP contribution in [0.3, 0.4) is 0 Å². The van der Waals surface area contributed by atoms with Crippen LogP contribution in [0.1, 0.15) is 31.2 Å². The van der Waals surface area contributed by atoms with Crippen LogP contribution >= 0.6 is 11.6 Å². The molecule has 1 aliphatic heterocycles. The van der Waals surface area contributed by atoms with Gasteiger partial charge in [-0.1, -0.05) is 17.7 Å². The van der Waals surface area contributed by atoms with E-state index in [0.717, 1.165) is 19.3 Å². The Bertz CT molecular complexity index is 577. The molecule has 0 saturated carbocycles. The first kappa shape index (κ1) is 18.7. The summed E-state index contributed by atoms with van der Waals surface area (Å²) in [6.07, 6.45) is 2.93. The molecule has 7 heteroatoms. The molecule has 1 aliphatic rings. The van der Waals surface area contributed by atoms with E-state index in [0.29, 0.717) is 19.6 Å². The monoisotopic (exact) mass is 355 g/mol. The van der Waals surface area contributed by atoms with Gasteiger partial charge in [-0.25, -0.2) is 4.39 Å². The number of likely N-dealkylation sites (tertiary alicyclic amines) is 1. The Morgan fingerprint density at radius 2 is 2.17 bits per heavy atom. The highest BCUT2D eigenvalue weighted by atomic mass is 35.5. The molecule has 0 aliphatic carbocycles. The minimum absolute atomic E-state index is 0.0707. The van der Waals surface area contributed by atoms with Gasteiger partial charge < -0.3 is 16.0 Å². The first-order valence-corrected chi connectivity index (χ1v) is 8.60. The Morgan fingerprint density at radius 1 is 1.38 bits per heavy atom. The molecule has 24 heavy (non-hydrogen) atoms. The van der Waals surface area contributed by atoms with E-state index in [1.807, 2.05) is 0 Å². The van der Waals surface area contributed by atoms with Crippen LogP contribution in [0.15, 0.2) is 18.2 Å². The van der Waals surface area contributed by atoms with Crippen LogP contribution in [0.4, 0.5) is 4.39 Å². The second-order valence-electron chi connectivity index (χ2n) is 5.96. The standard InChI is InChI=1S/C17H23ClFN3O2/c18-14-5-3-6-15(19)13(14)10-17(24)22-9-2-1-4-12(22)11-21-16(23)7-8-20/h3,5-6,12H,1-2,4,7-11,20H2,(H,21,23). The molecular formula is C17H23ClFN3O2. The van der Waals surface area contributed by atoms with Gasteiger partial charge in [0.1, 0.15) is 5.82 Å². The summed E-state index contributed by atoms with van der Waals surface area (Å²) in [7, 11) is 0. The van der Waals surface area contributed by atoms with Crippen LogP contribution in [0.25, 0.3) is 0 Å². The molecule has 0 aromatic heterocycles. The lowest BCUT2D eigenvalue weighted by Gasteiger charge is -2.36. The molecule has 1 aromatic rings. The number of carbonyl (C=O) groups is 2. The number of amides is 2. The second kappa shape index (κ2) is 8.99. The Kier molecular flexibility index (Phi) is 6.99. The summed E-state index contributed by atoms with van der Waals surface area (Å²) >= 11 is 6.01. The van der Waals surface area contributed by atoms with Gasteiger partial charge in [-0.05, 0) is 31.4 Å². The first-order chi connectivity index (χ1) is 11.5. The summed E-state index contributed by atoms with van der Waals surface area (Å²) in [5.41, 5.74) is 5.58. The number of benzene rings is 1. The van der Waals surface area contributed by atoms with Crippen molar-refractivity contribution in [3.8, 4) is 0 Å². The summed E-state index contributed by atoms with van der Waals surface area (Å²) < 4.78 is 13.9. The van der Waals surface area contributed by atoms with Crippen LogP contribution in [0, 0.1) is 5.82 Å². The zero-order valence-electron chi connectivity index (χ0n) is 13.6. The van der Waals surface area contributed by atoms with Crippen molar-refractivity contribution in [2.75, 3.05) is 19.6 Å². The highest BCUT2D eigenvalue weighted by Gasteiger charge is 2.27. The van der Waals surface area contributed by atoms with Gasteiger partial charge in [-0.2, -0.15) is 0 Å². The number of nitrogens with one attached hydrogen (secondary N) is 1. The first-order valence-electron chi connectivity index (χ1n) is 8.22. The molecule has 0 radical (unpaired) electrons. The Balaban J connectivity index is 2.01. The summed E-state index contributed by atoms with van der Waals surface area (Å²) in [5.74, 6) is -0.756. The zero-order valence-corrected chi connectivity index (χ0v) is 14.3. The summed E-state index contributed by atoms with van der Waals surface area (Å²) in [6, 6.07) is 4.32. The molecule has 1 unspecified atom stereocenters. The van der Waals surface area contributed by atoms with E-state index in [9.17, 15) is 14.0 Å². The number of carbonyl (C=O) groups excluding carboxylic acids is 2. The van der Waals surface area contributed by atoms with Crippen LogP contribution in [-0.4, -0.2) is 42.4 Å². The maximum absolute atomic E-state index is 13.9. The molecule has 2 amide bonds. The fourth-order valence-corrected chi connectivity index (χ4v) is 3.18. The van der Waals surface area contributed by atoms with Crippen molar-refractivity contribution in [1.29, 1.82) is 0 Å². The van der Waals surface area contributed by atoms with Crippen LogP contribution in [0.2, 0.25) is 5.02 Å². The zero-order chi connectivity index (χ0) is 17.5. The van der Waals surface area contributed by atoms with Crippen molar-refractivity contribution in [1.82, 2.24) is 10.2 Å². The number of rotatable bonds is 6. The summed E-state index contributed by atoms with van der Waals surface area (Å²) in [5, 5.41) is 3.07. The van der Waals surface area contributed by atoms with Gasteiger partial charge in [0.25, 0.3) is 0 Å². The fraction of sp³-hybridized carbons (Fsp3) is 0.529. The van der Waals surface area contributed by atoms with Gasteiger partial charge in [0.2, 0.25) is 11.8 Å². The third-order valence-electron chi connectivity index (χ3n) is 4.24. The molecule has 132 valence electrons. The van der Waals surface area contributed by atoms with E-state index in [-0.39, 0.29) is 41.3 Å². The molecule has 3 N–H and O–H groups in total. The third kappa shape index (κ3) is 4.92. The molecule has 1 fully saturated rings. The number of nitrogens with zero attached hydrogens (tertiary/aromatic N) is 1. The van der Waals surface area contributed by atoms with Gasteiger partial charge in [0, 0.05) is 42.7 Å². The molecule has 1 heterocycles. The second-order valence-corrected chi connectivity index (χ2v) is 6.36. The van der Waals surface area contributed by atoms with Gasteiger partial charge >= 0.3 is 0 Å². The SMILES string of the molecule is NCCC(=O)NCC1CCCCN1C(=O)Cc1c(F)cccc1Cl. The van der Waals surface area contributed by atoms with Gasteiger partial charge in [-0.15, -0.1) is 0 Å². The van der Waals surface area contributed by atoms with Crippen molar-refractivity contribution >= 4 is 23.4 Å². The Hall–Kier alpha value is -1.66. The lowest BCUT2D eigenvalue weighted by Crippen LogP contribution is -2.50. The number of hydrogen-bond donors (Lipinski definition) is 2. The number of hydrogen-bond acceptors (Lipinski definition) is 3. The van der Waals surface area contributed by atoms with Crippen molar-refractivity contribution in [3.63, 3.8) is 0 Å². The highest BCUT2D eigenvalue weighted by Crippen LogP contribution is 2.23. The predicted molar refractivity (Wildman–Crippen MR) is 91.1 cm³/mol. The van der Waals surface area contributed by atoms with Crippen molar-refractivity contribution in [3.05, 3.63) is 34.6 Å². The minimum Gasteiger partial charge on any atom is -0.354 e. The van der Waals surface area contributed by atoms with Crippen LogP contribution < -0.4 is 11.1 Å². The maximum Gasteiger partial charge on any atom is 0.227 e. The third-order valence-corrected chi connectivity index (χ3v) is 4.60. The fourth-order valence-electron chi connectivity index (χ4n) is 2.95. The van der Waals surface area contributed by atoms with E-state index < -0.39 is 5.82 Å².